The zero-order valence-corrected chi connectivity index (χ0v) is 16.6. The van der Waals surface area contributed by atoms with Gasteiger partial charge in [0.1, 0.15) is 11.6 Å². The fourth-order valence-corrected chi connectivity index (χ4v) is 3.74. The third-order valence-electron chi connectivity index (χ3n) is 5.50. The normalized spacial score (nSPS) is 18.0. The molecule has 150 valence electrons. The fourth-order valence-electron chi connectivity index (χ4n) is 3.74. The summed E-state index contributed by atoms with van der Waals surface area (Å²) in [5, 5.41) is 19.3. The number of anilines is 3. The van der Waals surface area contributed by atoms with E-state index in [9.17, 15) is 0 Å². The van der Waals surface area contributed by atoms with Crippen molar-refractivity contribution in [2.75, 3.05) is 23.7 Å². The van der Waals surface area contributed by atoms with Crippen molar-refractivity contribution in [2.45, 2.75) is 31.2 Å². The van der Waals surface area contributed by atoms with E-state index < -0.39 is 0 Å². The lowest BCUT2D eigenvalue weighted by Gasteiger charge is -2.13. The van der Waals surface area contributed by atoms with Crippen LogP contribution in [0.1, 0.15) is 36.3 Å². The van der Waals surface area contributed by atoms with E-state index in [0.29, 0.717) is 23.3 Å². The van der Waals surface area contributed by atoms with Gasteiger partial charge in [0.05, 0.1) is 34.9 Å². The first-order valence-corrected chi connectivity index (χ1v) is 10.4. The second kappa shape index (κ2) is 8.09. The number of nitriles is 1. The minimum atomic E-state index is 0.460. The van der Waals surface area contributed by atoms with Crippen LogP contribution in [0.5, 0.6) is 0 Å². The quantitative estimate of drug-likeness (QED) is 0.582. The molecule has 0 radical (unpaired) electrons. The van der Waals surface area contributed by atoms with Crippen LogP contribution < -0.4 is 16.0 Å². The van der Waals surface area contributed by atoms with Crippen LogP contribution in [0.25, 0.3) is 11.4 Å². The predicted octanol–water partition coefficient (Wildman–Crippen LogP) is 3.81. The maximum atomic E-state index is 9.12. The lowest BCUT2D eigenvalue weighted by molar-refractivity contribution is 0.792. The second-order valence-electron chi connectivity index (χ2n) is 7.88. The number of nitrogens with zero attached hydrogens (tertiary/aromatic N) is 4. The van der Waals surface area contributed by atoms with Crippen molar-refractivity contribution in [3.8, 4) is 17.5 Å². The average Bonchev–Trinajstić information content (AvgIpc) is 3.51. The third-order valence-corrected chi connectivity index (χ3v) is 5.50. The molecular formula is C23H23N7. The largest absolute Gasteiger partial charge is 0.380 e. The van der Waals surface area contributed by atoms with E-state index in [-0.39, 0.29) is 0 Å². The van der Waals surface area contributed by atoms with Crippen LogP contribution in [0, 0.1) is 11.3 Å². The Morgan fingerprint density at radius 2 is 1.93 bits per heavy atom. The van der Waals surface area contributed by atoms with E-state index in [4.69, 9.17) is 10.2 Å². The van der Waals surface area contributed by atoms with Gasteiger partial charge in [-0.2, -0.15) is 5.26 Å². The number of hydrogen-bond acceptors (Lipinski definition) is 7. The molecule has 3 aromatic rings. The Morgan fingerprint density at radius 3 is 2.67 bits per heavy atom. The highest BCUT2D eigenvalue weighted by atomic mass is 15.1. The van der Waals surface area contributed by atoms with E-state index in [1.807, 2.05) is 12.3 Å². The van der Waals surface area contributed by atoms with Gasteiger partial charge < -0.3 is 16.0 Å². The molecule has 0 amide bonds. The third kappa shape index (κ3) is 4.24. The molecule has 1 saturated carbocycles. The first-order valence-electron chi connectivity index (χ1n) is 10.4. The van der Waals surface area contributed by atoms with E-state index >= 15 is 0 Å². The molecule has 0 aromatic carbocycles. The van der Waals surface area contributed by atoms with Gasteiger partial charge in [0.15, 0.2) is 0 Å². The average molecular weight is 397 g/mol. The van der Waals surface area contributed by atoms with Gasteiger partial charge in [0, 0.05) is 18.8 Å². The highest BCUT2D eigenvalue weighted by Crippen LogP contribution is 2.41. The van der Waals surface area contributed by atoms with Gasteiger partial charge in [-0.3, -0.25) is 4.98 Å². The molecule has 5 rings (SSSR count). The minimum absolute atomic E-state index is 0.460. The molecule has 1 saturated heterocycles. The zero-order chi connectivity index (χ0) is 20.3. The minimum Gasteiger partial charge on any atom is -0.380 e. The summed E-state index contributed by atoms with van der Waals surface area (Å²) in [5.74, 6) is 1.91. The fraction of sp³-hybridized carbons (Fsp3) is 0.304. The Balaban J connectivity index is 1.40. The second-order valence-corrected chi connectivity index (χ2v) is 7.88. The van der Waals surface area contributed by atoms with Crippen molar-refractivity contribution >= 4 is 17.3 Å². The zero-order valence-electron chi connectivity index (χ0n) is 16.6. The number of aromatic nitrogens is 3. The van der Waals surface area contributed by atoms with Crippen LogP contribution in [0.3, 0.4) is 0 Å². The lowest BCUT2D eigenvalue weighted by Crippen LogP contribution is -2.22. The Hall–Kier alpha value is -3.50. The number of nitrogens with one attached hydrogen (secondary N) is 3. The summed E-state index contributed by atoms with van der Waals surface area (Å²) >= 11 is 0. The molecule has 4 heterocycles. The van der Waals surface area contributed by atoms with Gasteiger partial charge in [-0.25, -0.2) is 9.97 Å². The van der Waals surface area contributed by atoms with E-state index in [0.717, 1.165) is 42.4 Å². The Bertz CT molecular complexity index is 1080. The summed E-state index contributed by atoms with van der Waals surface area (Å²) in [6.45, 7) is 2.05. The number of hydrogen-bond donors (Lipinski definition) is 3. The van der Waals surface area contributed by atoms with E-state index in [1.165, 1.54) is 18.4 Å². The highest BCUT2D eigenvalue weighted by molar-refractivity contribution is 5.64. The predicted molar refractivity (Wildman–Crippen MR) is 117 cm³/mol. The van der Waals surface area contributed by atoms with E-state index in [2.05, 4.69) is 50.2 Å². The van der Waals surface area contributed by atoms with Crippen LogP contribution in [-0.2, 0) is 0 Å². The highest BCUT2D eigenvalue weighted by Gasteiger charge is 2.25. The summed E-state index contributed by atoms with van der Waals surface area (Å²) in [6.07, 6.45) is 7.04. The van der Waals surface area contributed by atoms with Crippen molar-refractivity contribution in [1.29, 1.82) is 5.26 Å². The summed E-state index contributed by atoms with van der Waals surface area (Å²) in [4.78, 5) is 13.7. The maximum absolute atomic E-state index is 9.12. The number of rotatable bonds is 6. The van der Waals surface area contributed by atoms with Crippen molar-refractivity contribution in [1.82, 2.24) is 20.3 Å². The molecule has 1 atom stereocenters. The molecule has 1 aliphatic heterocycles. The Labute approximate surface area is 175 Å². The van der Waals surface area contributed by atoms with Gasteiger partial charge in [0.2, 0.25) is 0 Å². The SMILES string of the molecule is N#Cc1ccnc(Nc2cc(C3CC3)cc(-c3ccc(NC4CCNC4)cn3)n2)c1. The molecule has 2 aliphatic rings. The van der Waals surface area contributed by atoms with Crippen LogP contribution in [-0.4, -0.2) is 34.1 Å². The number of pyridine rings is 3. The molecular weight excluding hydrogens is 374 g/mol. The van der Waals surface area contributed by atoms with Crippen LogP contribution in [0.15, 0.2) is 48.8 Å². The van der Waals surface area contributed by atoms with Gasteiger partial charge in [-0.1, -0.05) is 0 Å². The molecule has 2 fully saturated rings. The standard InChI is InChI=1S/C23H23N7/c24-12-15-5-8-26-22(9-15)30-23-11-17(16-1-2-16)10-21(29-23)20-4-3-18(14-27-20)28-19-6-7-25-13-19/h3-5,8-11,14,16,19,25,28H,1-2,6-7,13H2,(H,26,29,30). The molecule has 0 spiro atoms. The monoisotopic (exact) mass is 397 g/mol. The molecule has 3 N–H and O–H groups in total. The Morgan fingerprint density at radius 1 is 1.00 bits per heavy atom. The summed E-state index contributed by atoms with van der Waals surface area (Å²) in [6, 6.07) is 14.3. The molecule has 3 aromatic heterocycles. The Kier molecular flexibility index (Phi) is 4.99. The summed E-state index contributed by atoms with van der Waals surface area (Å²) in [5.41, 5.74) is 4.54. The van der Waals surface area contributed by atoms with E-state index in [1.54, 1.807) is 18.3 Å². The van der Waals surface area contributed by atoms with Crippen molar-refractivity contribution in [3.05, 3.63) is 59.9 Å². The summed E-state index contributed by atoms with van der Waals surface area (Å²) < 4.78 is 0. The lowest BCUT2D eigenvalue weighted by atomic mass is 10.1. The van der Waals surface area contributed by atoms with Crippen molar-refractivity contribution in [3.63, 3.8) is 0 Å². The first-order chi connectivity index (χ1) is 14.8. The van der Waals surface area contributed by atoms with Crippen LogP contribution in [0.4, 0.5) is 17.3 Å². The van der Waals surface area contributed by atoms with Crippen molar-refractivity contribution in [2.24, 2.45) is 0 Å². The first kappa shape index (κ1) is 18.5. The van der Waals surface area contributed by atoms with Crippen molar-refractivity contribution < 1.29 is 0 Å². The van der Waals surface area contributed by atoms with Gasteiger partial charge in [0.25, 0.3) is 0 Å². The van der Waals surface area contributed by atoms with Gasteiger partial charge >= 0.3 is 0 Å². The van der Waals surface area contributed by atoms with Gasteiger partial charge in [-0.15, -0.1) is 0 Å². The maximum Gasteiger partial charge on any atom is 0.132 e. The molecule has 7 heteroatoms. The molecule has 1 unspecified atom stereocenters. The smallest absolute Gasteiger partial charge is 0.132 e. The van der Waals surface area contributed by atoms with Gasteiger partial charge in [-0.05, 0) is 73.7 Å². The van der Waals surface area contributed by atoms with Crippen LogP contribution >= 0.6 is 0 Å². The summed E-state index contributed by atoms with van der Waals surface area (Å²) in [7, 11) is 0. The molecule has 1 aliphatic carbocycles. The van der Waals surface area contributed by atoms with Crippen LogP contribution in [0.2, 0.25) is 0 Å². The molecule has 7 nitrogen and oxygen atoms in total. The molecule has 30 heavy (non-hydrogen) atoms. The topological polar surface area (TPSA) is 98.5 Å². The molecule has 0 bridgehead atoms.